The van der Waals surface area contributed by atoms with Crippen LogP contribution in [0.2, 0.25) is 0 Å². The standard InChI is InChI=1S/C16H16N2O8/c1-16(2,12(19)8-17-13(20)5-6-14(17)21)26-11-4-3-9(15(22)23)7-10(11)18(24)25/h3-4,7H,5-6,8H2,1-2H3,(H,22,23). The molecule has 1 saturated heterocycles. The largest absolute Gasteiger partial charge is 0.478 e. The number of likely N-dealkylation sites (tertiary alicyclic amines) is 1. The van der Waals surface area contributed by atoms with Gasteiger partial charge >= 0.3 is 11.7 Å². The second-order valence-electron chi connectivity index (χ2n) is 6.15. The Morgan fingerprint density at radius 1 is 1.27 bits per heavy atom. The van der Waals surface area contributed by atoms with Gasteiger partial charge < -0.3 is 9.84 Å². The molecule has 1 aliphatic rings. The van der Waals surface area contributed by atoms with Crippen LogP contribution in [-0.4, -0.2) is 50.6 Å². The molecule has 1 heterocycles. The summed E-state index contributed by atoms with van der Waals surface area (Å²) in [4.78, 5) is 57.8. The van der Waals surface area contributed by atoms with E-state index in [1.165, 1.54) is 13.8 Å². The van der Waals surface area contributed by atoms with Gasteiger partial charge in [0, 0.05) is 18.9 Å². The van der Waals surface area contributed by atoms with Gasteiger partial charge in [-0.3, -0.25) is 29.4 Å². The molecule has 1 fully saturated rings. The summed E-state index contributed by atoms with van der Waals surface area (Å²) < 4.78 is 5.44. The summed E-state index contributed by atoms with van der Waals surface area (Å²) in [5, 5.41) is 20.1. The highest BCUT2D eigenvalue weighted by Crippen LogP contribution is 2.31. The molecule has 0 spiro atoms. The number of amides is 2. The molecule has 0 aliphatic carbocycles. The number of nitro benzene ring substituents is 1. The first-order chi connectivity index (χ1) is 12.0. The molecule has 10 heteroatoms. The average Bonchev–Trinajstić information content (AvgIpc) is 2.86. The van der Waals surface area contributed by atoms with Gasteiger partial charge in [0.05, 0.1) is 17.0 Å². The molecule has 138 valence electrons. The molecule has 1 aromatic carbocycles. The molecule has 0 radical (unpaired) electrons. The van der Waals surface area contributed by atoms with Crippen molar-refractivity contribution in [3.8, 4) is 5.75 Å². The van der Waals surface area contributed by atoms with Gasteiger partial charge in [-0.1, -0.05) is 0 Å². The number of ether oxygens (including phenoxy) is 1. The van der Waals surface area contributed by atoms with E-state index >= 15 is 0 Å². The van der Waals surface area contributed by atoms with Gasteiger partial charge in [0.25, 0.3) is 0 Å². The Kier molecular flexibility index (Phi) is 5.05. The van der Waals surface area contributed by atoms with Crippen molar-refractivity contribution in [2.24, 2.45) is 0 Å². The fraction of sp³-hybridized carbons (Fsp3) is 0.375. The van der Waals surface area contributed by atoms with E-state index in [2.05, 4.69) is 0 Å². The number of hydrogen-bond donors (Lipinski definition) is 1. The number of rotatable bonds is 7. The van der Waals surface area contributed by atoms with Crippen LogP contribution in [0.1, 0.15) is 37.0 Å². The first-order valence-electron chi connectivity index (χ1n) is 7.60. The number of carbonyl (C=O) groups is 4. The van der Waals surface area contributed by atoms with Crippen LogP contribution in [0.3, 0.4) is 0 Å². The van der Waals surface area contributed by atoms with E-state index < -0.39 is 46.3 Å². The third-order valence-corrected chi connectivity index (χ3v) is 3.90. The van der Waals surface area contributed by atoms with Gasteiger partial charge in [-0.05, 0) is 26.0 Å². The highest BCUT2D eigenvalue weighted by Gasteiger charge is 2.38. The van der Waals surface area contributed by atoms with E-state index in [9.17, 15) is 29.3 Å². The van der Waals surface area contributed by atoms with E-state index in [1.54, 1.807) is 0 Å². The summed E-state index contributed by atoms with van der Waals surface area (Å²) in [5.41, 5.74) is -2.50. The Bertz CT molecular complexity index is 798. The normalized spacial score (nSPS) is 14.5. The summed E-state index contributed by atoms with van der Waals surface area (Å²) in [6.07, 6.45) is 0.0744. The Morgan fingerprint density at radius 2 is 1.85 bits per heavy atom. The van der Waals surface area contributed by atoms with Gasteiger partial charge in [0.2, 0.25) is 11.8 Å². The molecule has 0 unspecified atom stereocenters. The highest BCUT2D eigenvalue weighted by molar-refractivity contribution is 6.05. The summed E-state index contributed by atoms with van der Waals surface area (Å²) >= 11 is 0. The lowest BCUT2D eigenvalue weighted by Gasteiger charge is -2.26. The molecule has 0 atom stereocenters. The third kappa shape index (κ3) is 3.85. The zero-order valence-electron chi connectivity index (χ0n) is 14.1. The number of hydrogen-bond acceptors (Lipinski definition) is 7. The van der Waals surface area contributed by atoms with Crippen LogP contribution < -0.4 is 4.74 Å². The molecule has 2 amide bonds. The minimum atomic E-state index is -1.58. The van der Waals surface area contributed by atoms with E-state index in [0.29, 0.717) is 0 Å². The van der Waals surface area contributed by atoms with Crippen molar-refractivity contribution in [3.63, 3.8) is 0 Å². The number of Topliss-reactive ketones (excluding diaryl/α,β-unsaturated/α-hetero) is 1. The fourth-order valence-electron chi connectivity index (χ4n) is 2.34. The molecule has 1 aliphatic heterocycles. The number of nitro groups is 1. The van der Waals surface area contributed by atoms with Crippen molar-refractivity contribution in [2.75, 3.05) is 6.54 Å². The zero-order chi connectivity index (χ0) is 19.6. The first-order valence-corrected chi connectivity index (χ1v) is 7.60. The quantitative estimate of drug-likeness (QED) is 0.431. The van der Waals surface area contributed by atoms with E-state index in [1.807, 2.05) is 0 Å². The third-order valence-electron chi connectivity index (χ3n) is 3.90. The molecule has 0 saturated carbocycles. The van der Waals surface area contributed by atoms with Gasteiger partial charge in [-0.25, -0.2) is 4.79 Å². The van der Waals surface area contributed by atoms with Gasteiger partial charge in [-0.2, -0.15) is 0 Å². The maximum Gasteiger partial charge on any atom is 0.335 e. The lowest BCUT2D eigenvalue weighted by Crippen LogP contribution is -2.46. The molecule has 26 heavy (non-hydrogen) atoms. The minimum absolute atomic E-state index is 0.0372. The van der Waals surface area contributed by atoms with E-state index in [0.717, 1.165) is 23.1 Å². The predicted octanol–water partition coefficient (Wildman–Crippen LogP) is 1.17. The van der Waals surface area contributed by atoms with Crippen LogP contribution in [-0.2, 0) is 14.4 Å². The van der Waals surface area contributed by atoms with Crippen molar-refractivity contribution in [2.45, 2.75) is 32.3 Å². The molecule has 10 nitrogen and oxygen atoms in total. The first kappa shape index (κ1) is 19.0. The van der Waals surface area contributed by atoms with Crippen molar-refractivity contribution in [1.82, 2.24) is 4.90 Å². The van der Waals surface area contributed by atoms with E-state index in [4.69, 9.17) is 9.84 Å². The maximum atomic E-state index is 12.4. The van der Waals surface area contributed by atoms with Crippen LogP contribution in [0.4, 0.5) is 5.69 Å². The summed E-state index contributed by atoms with van der Waals surface area (Å²) in [6.45, 7) is 2.19. The molecule has 0 bridgehead atoms. The van der Waals surface area contributed by atoms with Crippen molar-refractivity contribution >= 4 is 29.3 Å². The van der Waals surface area contributed by atoms with Gasteiger partial charge in [0.15, 0.2) is 17.1 Å². The van der Waals surface area contributed by atoms with Crippen LogP contribution in [0.5, 0.6) is 5.75 Å². The number of carboxylic acid groups (broad SMARTS) is 1. The highest BCUT2D eigenvalue weighted by atomic mass is 16.6. The molecular weight excluding hydrogens is 348 g/mol. The zero-order valence-corrected chi connectivity index (χ0v) is 14.1. The molecule has 1 N–H and O–H groups in total. The fourth-order valence-corrected chi connectivity index (χ4v) is 2.34. The number of ketones is 1. The number of imide groups is 1. The number of carbonyl (C=O) groups excluding carboxylic acids is 3. The monoisotopic (exact) mass is 364 g/mol. The Morgan fingerprint density at radius 3 is 2.35 bits per heavy atom. The Hall–Kier alpha value is -3.30. The van der Waals surface area contributed by atoms with Crippen LogP contribution >= 0.6 is 0 Å². The second-order valence-corrected chi connectivity index (χ2v) is 6.15. The lowest BCUT2D eigenvalue weighted by molar-refractivity contribution is -0.386. The Balaban J connectivity index is 2.24. The SMILES string of the molecule is CC(C)(Oc1ccc(C(=O)O)cc1[N+](=O)[O-])C(=O)CN1C(=O)CCC1=O. The number of aromatic carboxylic acids is 1. The van der Waals surface area contributed by atoms with Crippen LogP contribution in [0.15, 0.2) is 18.2 Å². The van der Waals surface area contributed by atoms with E-state index in [-0.39, 0.29) is 24.2 Å². The van der Waals surface area contributed by atoms with Crippen LogP contribution in [0, 0.1) is 10.1 Å². The molecular formula is C16H16N2O8. The topological polar surface area (TPSA) is 144 Å². The minimum Gasteiger partial charge on any atom is -0.478 e. The number of benzene rings is 1. The number of nitrogens with zero attached hydrogens (tertiary/aromatic N) is 2. The summed E-state index contributed by atoms with van der Waals surface area (Å²) in [6, 6.07) is 3.02. The van der Waals surface area contributed by atoms with Crippen molar-refractivity contribution in [1.29, 1.82) is 0 Å². The molecule has 1 aromatic rings. The second kappa shape index (κ2) is 6.90. The lowest BCUT2D eigenvalue weighted by atomic mass is 10.0. The smallest absolute Gasteiger partial charge is 0.335 e. The maximum absolute atomic E-state index is 12.4. The predicted molar refractivity (Wildman–Crippen MR) is 85.7 cm³/mol. The van der Waals surface area contributed by atoms with Crippen molar-refractivity contribution < 1.29 is 33.9 Å². The molecule has 2 rings (SSSR count). The van der Waals surface area contributed by atoms with Crippen molar-refractivity contribution in [3.05, 3.63) is 33.9 Å². The summed E-state index contributed by atoms with van der Waals surface area (Å²) in [5.74, 6) is -3.19. The Labute approximate surface area is 147 Å². The van der Waals surface area contributed by atoms with Crippen LogP contribution in [0.25, 0.3) is 0 Å². The van der Waals surface area contributed by atoms with Gasteiger partial charge in [-0.15, -0.1) is 0 Å². The summed E-state index contributed by atoms with van der Waals surface area (Å²) in [7, 11) is 0. The number of carboxylic acids is 1. The molecule has 0 aromatic heterocycles. The van der Waals surface area contributed by atoms with Gasteiger partial charge in [0.1, 0.15) is 0 Å². The average molecular weight is 364 g/mol.